The smallest absolute Gasteiger partial charge is 0.357 e. The normalized spacial score (nSPS) is 13.1. The monoisotopic (exact) mass is 515 g/mol. The van der Waals surface area contributed by atoms with E-state index in [1.165, 1.54) is 13.2 Å². The van der Waals surface area contributed by atoms with Crippen LogP contribution in [0.25, 0.3) is 0 Å². The third-order valence-corrected chi connectivity index (χ3v) is 3.99. The van der Waals surface area contributed by atoms with Gasteiger partial charge in [0.25, 0.3) is 0 Å². The summed E-state index contributed by atoms with van der Waals surface area (Å²) in [6.07, 6.45) is -3.18. The maximum atomic E-state index is 13.0. The zero-order chi connectivity index (χ0) is 19.3. The van der Waals surface area contributed by atoms with Crippen molar-refractivity contribution < 1.29 is 13.2 Å². The van der Waals surface area contributed by atoms with Crippen molar-refractivity contribution in [2.24, 2.45) is 12.0 Å². The minimum Gasteiger partial charge on any atom is -0.357 e. The molecule has 0 saturated heterocycles. The second-order valence-corrected chi connectivity index (χ2v) is 6.16. The standard InChI is InChI=1S/C17H21ClF3N5.HI/c1-4-22-16(24-11(2)13-7-5-6-8-14(13)18)23-9-12-10-26(3)25-15(12)17(19,20)21;/h5-8,10-11H,4,9H2,1-3H3,(H2,22,23,24);1H. The summed E-state index contributed by atoms with van der Waals surface area (Å²) in [5.41, 5.74) is -0.0292. The minimum atomic E-state index is -4.51. The molecule has 0 aliphatic rings. The molecule has 2 N–H and O–H groups in total. The van der Waals surface area contributed by atoms with Crippen LogP contribution in [-0.4, -0.2) is 22.3 Å². The van der Waals surface area contributed by atoms with Crippen LogP contribution in [0.2, 0.25) is 5.02 Å². The number of hydrogen-bond acceptors (Lipinski definition) is 2. The first-order valence-corrected chi connectivity index (χ1v) is 8.49. The molecule has 150 valence electrons. The Balaban J connectivity index is 0.00000364. The summed E-state index contributed by atoms with van der Waals surface area (Å²) in [4.78, 5) is 4.26. The van der Waals surface area contributed by atoms with Gasteiger partial charge in [-0.2, -0.15) is 18.3 Å². The van der Waals surface area contributed by atoms with Crippen LogP contribution in [0, 0.1) is 0 Å². The number of aliphatic imine (C=N–C) groups is 1. The number of nitrogens with one attached hydrogen (secondary N) is 2. The van der Waals surface area contributed by atoms with E-state index in [4.69, 9.17) is 11.6 Å². The number of aryl methyl sites for hydroxylation is 1. The van der Waals surface area contributed by atoms with E-state index in [1.807, 2.05) is 32.0 Å². The van der Waals surface area contributed by atoms with Gasteiger partial charge in [-0.1, -0.05) is 29.8 Å². The summed E-state index contributed by atoms with van der Waals surface area (Å²) < 4.78 is 40.3. The maximum absolute atomic E-state index is 13.0. The van der Waals surface area contributed by atoms with Crippen molar-refractivity contribution in [1.29, 1.82) is 0 Å². The number of hydrogen-bond donors (Lipinski definition) is 2. The summed E-state index contributed by atoms with van der Waals surface area (Å²) in [7, 11) is 1.45. The van der Waals surface area contributed by atoms with Crippen LogP contribution in [-0.2, 0) is 19.8 Å². The van der Waals surface area contributed by atoms with Crippen molar-refractivity contribution in [2.75, 3.05) is 6.54 Å². The van der Waals surface area contributed by atoms with Gasteiger partial charge in [0.05, 0.1) is 12.6 Å². The lowest BCUT2D eigenvalue weighted by molar-refractivity contribution is -0.142. The number of guanidine groups is 1. The average molecular weight is 516 g/mol. The second kappa shape index (κ2) is 10.2. The summed E-state index contributed by atoms with van der Waals surface area (Å²) in [6, 6.07) is 7.20. The fourth-order valence-electron chi connectivity index (χ4n) is 2.49. The van der Waals surface area contributed by atoms with Crippen LogP contribution in [0.5, 0.6) is 0 Å². The lowest BCUT2D eigenvalue weighted by atomic mass is 10.1. The Morgan fingerprint density at radius 1 is 1.33 bits per heavy atom. The van der Waals surface area contributed by atoms with Gasteiger partial charge in [0.15, 0.2) is 11.7 Å². The van der Waals surface area contributed by atoms with Crippen molar-refractivity contribution in [2.45, 2.75) is 32.6 Å². The van der Waals surface area contributed by atoms with Crippen LogP contribution in [0.15, 0.2) is 35.5 Å². The molecule has 1 aromatic carbocycles. The highest BCUT2D eigenvalue weighted by Crippen LogP contribution is 2.30. The molecule has 0 spiro atoms. The SMILES string of the molecule is CCNC(=NCc1cn(C)nc1C(F)(F)F)NC(C)c1ccccc1Cl.I. The number of rotatable bonds is 5. The van der Waals surface area contributed by atoms with Gasteiger partial charge < -0.3 is 10.6 Å². The molecule has 1 heterocycles. The molecule has 27 heavy (non-hydrogen) atoms. The fraction of sp³-hybridized carbons (Fsp3) is 0.412. The zero-order valence-electron chi connectivity index (χ0n) is 15.1. The molecule has 1 atom stereocenters. The molecule has 0 radical (unpaired) electrons. The number of halogens is 5. The summed E-state index contributed by atoms with van der Waals surface area (Å²) in [5, 5.41) is 10.3. The van der Waals surface area contributed by atoms with E-state index in [0.29, 0.717) is 17.5 Å². The quantitative estimate of drug-likeness (QED) is 0.350. The molecular weight excluding hydrogens is 494 g/mol. The highest BCUT2D eigenvalue weighted by Gasteiger charge is 2.36. The first-order valence-electron chi connectivity index (χ1n) is 8.11. The highest BCUT2D eigenvalue weighted by atomic mass is 127. The zero-order valence-corrected chi connectivity index (χ0v) is 18.2. The molecule has 0 bridgehead atoms. The number of nitrogens with zero attached hydrogens (tertiary/aromatic N) is 3. The van der Waals surface area contributed by atoms with E-state index < -0.39 is 11.9 Å². The Hall–Kier alpha value is -1.49. The Morgan fingerprint density at radius 3 is 2.59 bits per heavy atom. The van der Waals surface area contributed by atoms with E-state index in [9.17, 15) is 13.2 Å². The van der Waals surface area contributed by atoms with Crippen LogP contribution in [0.1, 0.15) is 36.7 Å². The van der Waals surface area contributed by atoms with Gasteiger partial charge in [0.1, 0.15) is 0 Å². The summed E-state index contributed by atoms with van der Waals surface area (Å²) in [6.45, 7) is 4.20. The van der Waals surface area contributed by atoms with E-state index >= 15 is 0 Å². The molecule has 1 aromatic heterocycles. The molecule has 0 amide bonds. The lowest BCUT2D eigenvalue weighted by Crippen LogP contribution is -2.38. The molecule has 2 aromatic rings. The van der Waals surface area contributed by atoms with Crippen molar-refractivity contribution >= 4 is 41.5 Å². The van der Waals surface area contributed by atoms with Gasteiger partial charge in [-0.3, -0.25) is 4.68 Å². The molecule has 10 heteroatoms. The molecule has 2 rings (SSSR count). The Kier molecular flexibility index (Phi) is 8.86. The second-order valence-electron chi connectivity index (χ2n) is 5.76. The molecular formula is C17H22ClF3IN5. The largest absolute Gasteiger partial charge is 0.435 e. The third-order valence-electron chi connectivity index (χ3n) is 3.65. The van der Waals surface area contributed by atoms with E-state index in [0.717, 1.165) is 10.2 Å². The predicted molar refractivity (Wildman–Crippen MR) is 111 cm³/mol. The van der Waals surface area contributed by atoms with Crippen LogP contribution < -0.4 is 10.6 Å². The number of alkyl halides is 3. The van der Waals surface area contributed by atoms with E-state index in [-0.39, 0.29) is 42.1 Å². The number of aromatic nitrogens is 2. The van der Waals surface area contributed by atoms with Crippen molar-refractivity contribution in [3.63, 3.8) is 0 Å². The van der Waals surface area contributed by atoms with Crippen LogP contribution in [0.4, 0.5) is 13.2 Å². The van der Waals surface area contributed by atoms with Gasteiger partial charge in [-0.25, -0.2) is 4.99 Å². The summed E-state index contributed by atoms with van der Waals surface area (Å²) in [5.74, 6) is 0.400. The van der Waals surface area contributed by atoms with Gasteiger partial charge in [0, 0.05) is 30.4 Å². The maximum Gasteiger partial charge on any atom is 0.435 e. The van der Waals surface area contributed by atoms with Gasteiger partial charge >= 0.3 is 6.18 Å². The summed E-state index contributed by atoms with van der Waals surface area (Å²) >= 11 is 6.19. The lowest BCUT2D eigenvalue weighted by Gasteiger charge is -2.19. The fourth-order valence-corrected chi connectivity index (χ4v) is 2.78. The molecule has 0 aliphatic heterocycles. The van der Waals surface area contributed by atoms with E-state index in [1.54, 1.807) is 6.07 Å². The Morgan fingerprint density at radius 2 is 2.00 bits per heavy atom. The average Bonchev–Trinajstić information content (AvgIpc) is 2.94. The first kappa shape index (κ1) is 23.5. The molecule has 0 saturated carbocycles. The van der Waals surface area contributed by atoms with Crippen molar-refractivity contribution in [1.82, 2.24) is 20.4 Å². The van der Waals surface area contributed by atoms with Gasteiger partial charge in [-0.15, -0.1) is 24.0 Å². The van der Waals surface area contributed by atoms with Gasteiger partial charge in [0.2, 0.25) is 0 Å². The van der Waals surface area contributed by atoms with Gasteiger partial charge in [-0.05, 0) is 25.5 Å². The van der Waals surface area contributed by atoms with Crippen molar-refractivity contribution in [3.05, 3.63) is 52.3 Å². The Labute approximate surface area is 178 Å². The topological polar surface area (TPSA) is 54.2 Å². The molecule has 1 unspecified atom stereocenters. The minimum absolute atomic E-state index is 0. The molecule has 0 fully saturated rings. The van der Waals surface area contributed by atoms with Crippen LogP contribution in [0.3, 0.4) is 0 Å². The molecule has 0 aliphatic carbocycles. The number of benzene rings is 1. The highest BCUT2D eigenvalue weighted by molar-refractivity contribution is 14.0. The van der Waals surface area contributed by atoms with E-state index in [2.05, 4.69) is 20.7 Å². The van der Waals surface area contributed by atoms with Crippen molar-refractivity contribution in [3.8, 4) is 0 Å². The predicted octanol–water partition coefficient (Wildman–Crippen LogP) is 4.53. The third kappa shape index (κ3) is 6.56. The first-order chi connectivity index (χ1) is 12.2. The van der Waals surface area contributed by atoms with Crippen LogP contribution >= 0.6 is 35.6 Å². The Bertz CT molecular complexity index is 776. The molecule has 5 nitrogen and oxygen atoms in total.